The van der Waals surface area contributed by atoms with E-state index in [9.17, 15) is 4.39 Å². The molecule has 0 aliphatic heterocycles. The van der Waals surface area contributed by atoms with Gasteiger partial charge in [-0.25, -0.2) is 9.37 Å². The lowest BCUT2D eigenvalue weighted by Gasteiger charge is -2.03. The summed E-state index contributed by atoms with van der Waals surface area (Å²) in [6.45, 7) is 0. The Bertz CT molecular complexity index is 691. The zero-order chi connectivity index (χ0) is 11.8. The van der Waals surface area contributed by atoms with E-state index in [0.717, 1.165) is 0 Å². The van der Waals surface area contributed by atoms with Crippen LogP contribution in [0.3, 0.4) is 0 Å². The number of nitrogen functional groups attached to an aromatic ring is 1. The Kier molecular flexibility index (Phi) is 2.01. The smallest absolute Gasteiger partial charge is 0.222 e. The molecule has 0 radical (unpaired) electrons. The van der Waals surface area contributed by atoms with E-state index >= 15 is 0 Å². The van der Waals surface area contributed by atoms with Gasteiger partial charge in [0.25, 0.3) is 0 Å². The third kappa shape index (κ3) is 1.59. The zero-order valence-corrected chi connectivity index (χ0v) is 8.68. The topological polar surface area (TPSA) is 80.5 Å². The van der Waals surface area contributed by atoms with Crippen LogP contribution in [0.1, 0.15) is 0 Å². The molecular weight excluding hydrogens is 221 g/mol. The molecule has 0 saturated heterocycles. The molecule has 0 aliphatic rings. The van der Waals surface area contributed by atoms with Gasteiger partial charge in [0.2, 0.25) is 5.95 Å². The Balaban J connectivity index is 2.32. The summed E-state index contributed by atoms with van der Waals surface area (Å²) < 4.78 is 13.2. The van der Waals surface area contributed by atoms with Crippen LogP contribution in [0.5, 0.6) is 0 Å². The lowest BCUT2D eigenvalue weighted by atomic mass is 10.1. The van der Waals surface area contributed by atoms with Crippen molar-refractivity contribution in [2.24, 2.45) is 0 Å². The molecule has 0 fully saturated rings. The van der Waals surface area contributed by atoms with E-state index in [2.05, 4.69) is 20.2 Å². The molecule has 17 heavy (non-hydrogen) atoms. The van der Waals surface area contributed by atoms with Crippen molar-refractivity contribution in [3.63, 3.8) is 0 Å². The molecule has 5 nitrogen and oxygen atoms in total. The average Bonchev–Trinajstić information content (AvgIpc) is 2.75. The first kappa shape index (κ1) is 9.71. The summed E-state index contributed by atoms with van der Waals surface area (Å²) in [5.41, 5.74) is 7.35. The van der Waals surface area contributed by atoms with Crippen LogP contribution in [0.4, 0.5) is 10.3 Å². The molecule has 3 rings (SSSR count). The Labute approximate surface area is 95.5 Å². The average molecular weight is 229 g/mol. The maximum atomic E-state index is 13.2. The predicted octanol–water partition coefficient (Wildman–Crippen LogP) is 1.74. The monoisotopic (exact) mass is 229 g/mol. The van der Waals surface area contributed by atoms with Crippen LogP contribution >= 0.6 is 0 Å². The number of nitrogens with one attached hydrogen (secondary N) is 1. The van der Waals surface area contributed by atoms with E-state index in [1.165, 1.54) is 12.1 Å². The normalized spacial score (nSPS) is 10.9. The van der Waals surface area contributed by atoms with Gasteiger partial charge in [-0.3, -0.25) is 5.10 Å². The molecule has 3 aromatic rings. The fraction of sp³-hybridized carbons (Fsp3) is 0. The van der Waals surface area contributed by atoms with Gasteiger partial charge >= 0.3 is 0 Å². The van der Waals surface area contributed by atoms with Crippen LogP contribution in [-0.4, -0.2) is 20.2 Å². The van der Waals surface area contributed by atoms with Gasteiger partial charge in [-0.2, -0.15) is 10.1 Å². The van der Waals surface area contributed by atoms with Crippen molar-refractivity contribution in [1.29, 1.82) is 0 Å². The molecule has 84 valence electrons. The Morgan fingerprint density at radius 1 is 1.24 bits per heavy atom. The number of nitrogens with zero attached hydrogens (tertiary/aromatic N) is 3. The minimum Gasteiger partial charge on any atom is -0.368 e. The SMILES string of the molecule is Nc1nc(-c2cccc(F)c2)c2cn[nH]c2n1. The summed E-state index contributed by atoms with van der Waals surface area (Å²) in [6, 6.07) is 6.15. The molecule has 2 aromatic heterocycles. The van der Waals surface area contributed by atoms with Gasteiger partial charge in [0.05, 0.1) is 17.3 Å². The number of hydrogen-bond donors (Lipinski definition) is 2. The molecule has 0 amide bonds. The summed E-state index contributed by atoms with van der Waals surface area (Å²) in [7, 11) is 0. The molecule has 0 spiro atoms. The van der Waals surface area contributed by atoms with Crippen LogP contribution < -0.4 is 5.73 Å². The van der Waals surface area contributed by atoms with Crippen LogP contribution in [0.2, 0.25) is 0 Å². The molecule has 3 N–H and O–H groups in total. The molecule has 6 heteroatoms. The van der Waals surface area contributed by atoms with Crippen molar-refractivity contribution in [1.82, 2.24) is 20.2 Å². The third-order valence-corrected chi connectivity index (χ3v) is 2.43. The molecule has 0 atom stereocenters. The van der Waals surface area contributed by atoms with Crippen LogP contribution in [0, 0.1) is 5.82 Å². The number of hydrogen-bond acceptors (Lipinski definition) is 4. The van der Waals surface area contributed by atoms with Crippen molar-refractivity contribution in [3.8, 4) is 11.3 Å². The number of aromatic amines is 1. The summed E-state index contributed by atoms with van der Waals surface area (Å²) >= 11 is 0. The minimum absolute atomic E-state index is 0.126. The first-order valence-corrected chi connectivity index (χ1v) is 4.96. The van der Waals surface area contributed by atoms with Gasteiger partial charge in [0, 0.05) is 5.56 Å². The Hall–Kier alpha value is -2.50. The van der Waals surface area contributed by atoms with Crippen LogP contribution in [-0.2, 0) is 0 Å². The minimum atomic E-state index is -0.323. The predicted molar refractivity (Wildman–Crippen MR) is 61.5 cm³/mol. The molecular formula is C11H8FN5. The molecule has 0 unspecified atom stereocenters. The van der Waals surface area contributed by atoms with Gasteiger partial charge < -0.3 is 5.73 Å². The number of H-pyrrole nitrogens is 1. The highest BCUT2D eigenvalue weighted by Gasteiger charge is 2.10. The highest BCUT2D eigenvalue weighted by molar-refractivity contribution is 5.90. The Morgan fingerprint density at radius 3 is 2.94 bits per heavy atom. The Morgan fingerprint density at radius 2 is 2.12 bits per heavy atom. The summed E-state index contributed by atoms with van der Waals surface area (Å²) in [6.07, 6.45) is 1.59. The molecule has 0 bridgehead atoms. The van der Waals surface area contributed by atoms with Crippen molar-refractivity contribution in [3.05, 3.63) is 36.3 Å². The number of rotatable bonds is 1. The quantitative estimate of drug-likeness (QED) is 0.666. The zero-order valence-electron chi connectivity index (χ0n) is 8.68. The third-order valence-electron chi connectivity index (χ3n) is 2.43. The van der Waals surface area contributed by atoms with Crippen molar-refractivity contribution in [2.75, 3.05) is 5.73 Å². The number of fused-ring (bicyclic) bond motifs is 1. The molecule has 2 heterocycles. The van der Waals surface area contributed by atoms with Crippen molar-refractivity contribution in [2.45, 2.75) is 0 Å². The highest BCUT2D eigenvalue weighted by Crippen LogP contribution is 2.25. The molecule has 1 aromatic carbocycles. The van der Waals surface area contributed by atoms with Gasteiger partial charge in [0.15, 0.2) is 5.65 Å². The lowest BCUT2D eigenvalue weighted by Crippen LogP contribution is -1.97. The van der Waals surface area contributed by atoms with Gasteiger partial charge in [-0.15, -0.1) is 0 Å². The first-order valence-electron chi connectivity index (χ1n) is 4.96. The number of halogens is 1. The van der Waals surface area contributed by atoms with E-state index in [1.807, 2.05) is 0 Å². The lowest BCUT2D eigenvalue weighted by molar-refractivity contribution is 0.628. The van der Waals surface area contributed by atoms with E-state index in [4.69, 9.17) is 5.73 Å². The molecule has 0 aliphatic carbocycles. The van der Waals surface area contributed by atoms with Gasteiger partial charge in [-0.1, -0.05) is 12.1 Å². The number of aromatic nitrogens is 4. The maximum Gasteiger partial charge on any atom is 0.222 e. The highest BCUT2D eigenvalue weighted by atomic mass is 19.1. The van der Waals surface area contributed by atoms with Gasteiger partial charge in [-0.05, 0) is 12.1 Å². The van der Waals surface area contributed by atoms with Crippen LogP contribution in [0.25, 0.3) is 22.3 Å². The second-order valence-corrected chi connectivity index (χ2v) is 3.57. The van der Waals surface area contributed by atoms with Gasteiger partial charge in [0.1, 0.15) is 5.82 Å². The standard InChI is InChI=1S/C11H8FN5/c12-7-3-1-2-6(4-7)9-8-5-14-17-10(8)16-11(13)15-9/h1-5H,(H3,13,14,15,16,17). The number of nitrogens with two attached hydrogens (primary N) is 1. The fourth-order valence-electron chi connectivity index (χ4n) is 1.71. The summed E-state index contributed by atoms with van der Waals surface area (Å²) in [4.78, 5) is 8.12. The number of anilines is 1. The molecule has 0 saturated carbocycles. The fourth-order valence-corrected chi connectivity index (χ4v) is 1.71. The van der Waals surface area contributed by atoms with Crippen molar-refractivity contribution >= 4 is 17.0 Å². The second-order valence-electron chi connectivity index (χ2n) is 3.57. The largest absolute Gasteiger partial charge is 0.368 e. The summed E-state index contributed by atoms with van der Waals surface area (Å²) in [5, 5.41) is 7.30. The van der Waals surface area contributed by atoms with E-state index < -0.39 is 0 Å². The van der Waals surface area contributed by atoms with E-state index in [0.29, 0.717) is 22.3 Å². The van der Waals surface area contributed by atoms with Crippen molar-refractivity contribution < 1.29 is 4.39 Å². The van der Waals surface area contributed by atoms with E-state index in [1.54, 1.807) is 18.3 Å². The number of benzene rings is 1. The van der Waals surface area contributed by atoms with E-state index in [-0.39, 0.29) is 11.8 Å². The van der Waals surface area contributed by atoms with Crippen LogP contribution in [0.15, 0.2) is 30.5 Å². The maximum absolute atomic E-state index is 13.2. The summed E-state index contributed by atoms with van der Waals surface area (Å²) in [5.74, 6) is -0.197. The second kappa shape index (κ2) is 3.51. The first-order chi connectivity index (χ1) is 8.24.